The normalized spacial score (nSPS) is 12.1. The van der Waals surface area contributed by atoms with E-state index in [9.17, 15) is 9.59 Å². The van der Waals surface area contributed by atoms with E-state index in [2.05, 4.69) is 5.32 Å². The maximum absolute atomic E-state index is 11.2. The minimum atomic E-state index is -1.42. The highest BCUT2D eigenvalue weighted by Gasteiger charge is 2.12. The van der Waals surface area contributed by atoms with Crippen LogP contribution in [0.2, 0.25) is 0 Å². The highest BCUT2D eigenvalue weighted by atomic mass is 32.2. The fraction of sp³-hybridized carbons (Fsp3) is 0.778. The van der Waals surface area contributed by atoms with Crippen molar-refractivity contribution in [2.45, 2.75) is 12.5 Å². The topological polar surface area (TPSA) is 95.9 Å². The summed E-state index contributed by atoms with van der Waals surface area (Å²) < 4.78 is 4.81. The summed E-state index contributed by atoms with van der Waals surface area (Å²) in [5.74, 6) is -0.392. The lowest BCUT2D eigenvalue weighted by Crippen LogP contribution is -2.31. The van der Waals surface area contributed by atoms with Gasteiger partial charge in [0.1, 0.15) is 0 Å². The summed E-state index contributed by atoms with van der Waals surface area (Å²) in [5.41, 5.74) is 0. The van der Waals surface area contributed by atoms with Crippen molar-refractivity contribution < 1.29 is 24.5 Å². The zero-order valence-corrected chi connectivity index (χ0v) is 9.96. The maximum atomic E-state index is 11.2. The lowest BCUT2D eigenvalue weighted by molar-refractivity contribution is -0.147. The van der Waals surface area contributed by atoms with Gasteiger partial charge in [-0.3, -0.25) is 4.79 Å². The largest absolute Gasteiger partial charge is 0.479 e. The van der Waals surface area contributed by atoms with E-state index in [1.54, 1.807) is 7.11 Å². The van der Waals surface area contributed by atoms with Crippen molar-refractivity contribution >= 4 is 23.6 Å². The van der Waals surface area contributed by atoms with Crippen LogP contribution in [0.3, 0.4) is 0 Å². The van der Waals surface area contributed by atoms with Gasteiger partial charge in [0.05, 0.1) is 12.4 Å². The molecule has 0 unspecified atom stereocenters. The summed E-state index contributed by atoms with van der Waals surface area (Å²) in [5, 5.41) is 19.8. The van der Waals surface area contributed by atoms with Gasteiger partial charge in [-0.25, -0.2) is 4.79 Å². The third-order valence-electron chi connectivity index (χ3n) is 1.69. The van der Waals surface area contributed by atoms with Crippen molar-refractivity contribution in [3.63, 3.8) is 0 Å². The van der Waals surface area contributed by atoms with Gasteiger partial charge in [-0.05, 0) is 0 Å². The van der Waals surface area contributed by atoms with Crippen LogP contribution in [0.4, 0.5) is 0 Å². The Kier molecular flexibility index (Phi) is 8.97. The smallest absolute Gasteiger partial charge is 0.332 e. The molecule has 0 aliphatic rings. The Labute approximate surface area is 98.4 Å². The van der Waals surface area contributed by atoms with Crippen LogP contribution in [0.1, 0.15) is 6.42 Å². The zero-order chi connectivity index (χ0) is 12.4. The Bertz CT molecular complexity index is 224. The van der Waals surface area contributed by atoms with E-state index in [1.165, 1.54) is 11.8 Å². The molecule has 1 atom stereocenters. The van der Waals surface area contributed by atoms with E-state index in [-0.39, 0.29) is 18.9 Å². The van der Waals surface area contributed by atoms with Gasteiger partial charge < -0.3 is 20.3 Å². The van der Waals surface area contributed by atoms with Gasteiger partial charge in [0, 0.05) is 25.8 Å². The monoisotopic (exact) mass is 251 g/mol. The van der Waals surface area contributed by atoms with Crippen LogP contribution in [0.15, 0.2) is 0 Å². The number of aliphatic carboxylic acids is 1. The van der Waals surface area contributed by atoms with Crippen LogP contribution in [0, 0.1) is 0 Å². The van der Waals surface area contributed by atoms with E-state index < -0.39 is 12.1 Å². The first kappa shape index (κ1) is 15.2. The van der Waals surface area contributed by atoms with Gasteiger partial charge in [0.15, 0.2) is 6.10 Å². The van der Waals surface area contributed by atoms with E-state index in [0.29, 0.717) is 12.4 Å². The molecular formula is C9H17NO5S. The van der Waals surface area contributed by atoms with Crippen LogP contribution in [0.25, 0.3) is 0 Å². The molecule has 0 aromatic heterocycles. The number of ether oxygens (including phenoxy) is 1. The number of carboxylic acids is 1. The average molecular weight is 251 g/mol. The number of thioether (sulfide) groups is 1. The molecule has 0 aliphatic carbocycles. The minimum absolute atomic E-state index is 0.0177. The molecule has 7 heteroatoms. The Morgan fingerprint density at radius 3 is 2.75 bits per heavy atom. The molecule has 0 spiro atoms. The van der Waals surface area contributed by atoms with Crippen LogP contribution in [-0.4, -0.2) is 60.0 Å². The van der Waals surface area contributed by atoms with E-state index >= 15 is 0 Å². The van der Waals surface area contributed by atoms with Gasteiger partial charge in [-0.2, -0.15) is 0 Å². The highest BCUT2D eigenvalue weighted by molar-refractivity contribution is 7.99. The molecule has 1 amide bonds. The maximum Gasteiger partial charge on any atom is 0.332 e. The van der Waals surface area contributed by atoms with Crippen molar-refractivity contribution in [3.05, 3.63) is 0 Å². The number of amides is 1. The van der Waals surface area contributed by atoms with Crippen molar-refractivity contribution in [2.75, 3.05) is 31.8 Å². The van der Waals surface area contributed by atoms with Crippen molar-refractivity contribution in [1.29, 1.82) is 0 Å². The highest BCUT2D eigenvalue weighted by Crippen LogP contribution is 1.98. The number of aliphatic hydroxyl groups is 1. The summed E-state index contributed by atoms with van der Waals surface area (Å²) in [4.78, 5) is 21.4. The summed E-state index contributed by atoms with van der Waals surface area (Å²) in [6, 6.07) is 0. The fourth-order valence-electron chi connectivity index (χ4n) is 0.830. The Morgan fingerprint density at radius 1 is 1.50 bits per heavy atom. The van der Waals surface area contributed by atoms with Crippen LogP contribution in [0.5, 0.6) is 0 Å². The molecule has 0 aliphatic heterocycles. The number of carbonyl (C=O) groups excluding carboxylic acids is 1. The predicted molar refractivity (Wildman–Crippen MR) is 60.5 cm³/mol. The van der Waals surface area contributed by atoms with E-state index in [0.717, 1.165) is 5.75 Å². The molecule has 0 aromatic rings. The molecule has 0 bridgehead atoms. The molecule has 0 aromatic carbocycles. The van der Waals surface area contributed by atoms with Gasteiger partial charge >= 0.3 is 5.97 Å². The number of carboxylic acid groups (broad SMARTS) is 1. The summed E-state index contributed by atoms with van der Waals surface area (Å²) in [6.45, 7) is 0.757. The molecular weight excluding hydrogens is 234 g/mol. The van der Waals surface area contributed by atoms with Crippen LogP contribution in [-0.2, 0) is 14.3 Å². The number of nitrogens with one attached hydrogen (secondary N) is 1. The fourth-order valence-corrected chi connectivity index (χ4v) is 1.55. The first-order valence-electron chi connectivity index (χ1n) is 4.82. The number of hydrogen-bond acceptors (Lipinski definition) is 5. The number of methoxy groups -OCH3 is 1. The molecule has 0 rings (SSSR count). The predicted octanol–water partition coefficient (Wildman–Crippen LogP) is -0.682. The molecule has 16 heavy (non-hydrogen) atoms. The Balaban J connectivity index is 3.40. The van der Waals surface area contributed by atoms with Gasteiger partial charge in [0.25, 0.3) is 0 Å². The summed E-state index contributed by atoms with van der Waals surface area (Å²) >= 11 is 1.44. The first-order valence-corrected chi connectivity index (χ1v) is 5.97. The summed E-state index contributed by atoms with van der Waals surface area (Å²) in [6.07, 6.45) is -1.40. The molecule has 0 saturated carbocycles. The van der Waals surface area contributed by atoms with Gasteiger partial charge in [-0.1, -0.05) is 0 Å². The lowest BCUT2D eigenvalue weighted by atomic mass is 10.2. The minimum Gasteiger partial charge on any atom is -0.479 e. The van der Waals surface area contributed by atoms with Gasteiger partial charge in [0.2, 0.25) is 5.91 Å². The molecule has 0 fully saturated rings. The third-order valence-corrected chi connectivity index (χ3v) is 2.61. The number of aliphatic hydroxyl groups excluding tert-OH is 1. The second-order valence-corrected chi connectivity index (χ2v) is 4.14. The Morgan fingerprint density at radius 2 is 2.19 bits per heavy atom. The average Bonchev–Trinajstić information content (AvgIpc) is 2.24. The van der Waals surface area contributed by atoms with Crippen molar-refractivity contribution in [2.24, 2.45) is 0 Å². The molecule has 94 valence electrons. The van der Waals surface area contributed by atoms with Crippen LogP contribution >= 0.6 is 11.8 Å². The second kappa shape index (κ2) is 9.44. The quantitative estimate of drug-likeness (QED) is 0.470. The Hall–Kier alpha value is -0.790. The molecule has 3 N–H and O–H groups in total. The summed E-state index contributed by atoms with van der Waals surface area (Å²) in [7, 11) is 1.59. The SMILES string of the molecule is COCCSCC(=O)NCC[C@H](O)C(=O)O. The second-order valence-electron chi connectivity index (χ2n) is 3.04. The van der Waals surface area contributed by atoms with Gasteiger partial charge in [-0.15, -0.1) is 11.8 Å². The van der Waals surface area contributed by atoms with Crippen molar-refractivity contribution in [3.8, 4) is 0 Å². The molecule has 0 saturated heterocycles. The molecule has 0 heterocycles. The standard InChI is InChI=1S/C9H17NO5S/c1-15-4-5-16-6-8(12)10-3-2-7(11)9(13)14/h7,11H,2-6H2,1H3,(H,10,12)(H,13,14)/t7-/m0/s1. The number of carbonyl (C=O) groups is 2. The van der Waals surface area contributed by atoms with Crippen LogP contribution < -0.4 is 5.32 Å². The molecule has 0 radical (unpaired) electrons. The number of rotatable bonds is 9. The van der Waals surface area contributed by atoms with Crippen molar-refractivity contribution in [1.82, 2.24) is 5.32 Å². The van der Waals surface area contributed by atoms with E-state index in [1.807, 2.05) is 0 Å². The van der Waals surface area contributed by atoms with E-state index in [4.69, 9.17) is 14.9 Å². The zero-order valence-electron chi connectivity index (χ0n) is 9.14. The lowest BCUT2D eigenvalue weighted by Gasteiger charge is -2.07. The third kappa shape index (κ3) is 8.51. The first-order chi connectivity index (χ1) is 7.57. The molecule has 6 nitrogen and oxygen atoms in total. The number of hydrogen-bond donors (Lipinski definition) is 3.